The smallest absolute Gasteiger partial charge is 0.321 e. The van der Waals surface area contributed by atoms with Gasteiger partial charge in [0.1, 0.15) is 0 Å². The van der Waals surface area contributed by atoms with Gasteiger partial charge in [0.05, 0.1) is 12.1 Å². The Bertz CT molecular complexity index is 299. The van der Waals surface area contributed by atoms with E-state index in [-0.39, 0.29) is 24.1 Å². The number of aliphatic hydroxyl groups excluding tert-OH is 1. The zero-order valence-corrected chi connectivity index (χ0v) is 11.3. The van der Waals surface area contributed by atoms with Crippen LogP contribution in [0.2, 0.25) is 0 Å². The summed E-state index contributed by atoms with van der Waals surface area (Å²) in [6.07, 6.45) is 1.09. The Balaban J connectivity index is 2.39. The third-order valence-corrected chi connectivity index (χ3v) is 3.08. The normalized spacial score (nSPS) is 19.6. The van der Waals surface area contributed by atoms with Crippen molar-refractivity contribution in [3.63, 3.8) is 0 Å². The molecule has 1 fully saturated rings. The third-order valence-electron chi connectivity index (χ3n) is 3.08. The van der Waals surface area contributed by atoms with Crippen LogP contribution in [0.15, 0.2) is 0 Å². The molecule has 6 heteroatoms. The van der Waals surface area contributed by atoms with Crippen LogP contribution in [0, 0.1) is 0 Å². The third kappa shape index (κ3) is 4.62. The molecule has 1 saturated heterocycles. The SMILES string of the molecule is CC(C)NC(=O)NC(=O)[C@H](C)N1CCC(O)CC1. The minimum Gasteiger partial charge on any atom is -0.393 e. The monoisotopic (exact) mass is 257 g/mol. The molecule has 3 amide bonds. The van der Waals surface area contributed by atoms with Crippen LogP contribution < -0.4 is 10.6 Å². The fourth-order valence-electron chi connectivity index (χ4n) is 1.95. The first kappa shape index (κ1) is 14.9. The van der Waals surface area contributed by atoms with Gasteiger partial charge in [-0.05, 0) is 33.6 Å². The molecule has 104 valence electrons. The average molecular weight is 257 g/mol. The Hall–Kier alpha value is -1.14. The maximum Gasteiger partial charge on any atom is 0.321 e. The van der Waals surface area contributed by atoms with Crippen molar-refractivity contribution in [1.82, 2.24) is 15.5 Å². The Morgan fingerprint density at radius 3 is 2.28 bits per heavy atom. The second-order valence-electron chi connectivity index (χ2n) is 5.06. The van der Waals surface area contributed by atoms with E-state index in [9.17, 15) is 14.7 Å². The van der Waals surface area contributed by atoms with Crippen molar-refractivity contribution in [3.05, 3.63) is 0 Å². The van der Waals surface area contributed by atoms with Crippen molar-refractivity contribution in [3.8, 4) is 0 Å². The fourth-order valence-corrected chi connectivity index (χ4v) is 1.95. The Kier molecular flexibility index (Phi) is 5.55. The molecule has 1 aliphatic rings. The predicted octanol–water partition coefficient (Wildman–Crippen LogP) is 0.0658. The van der Waals surface area contributed by atoms with Crippen LogP contribution in [0.25, 0.3) is 0 Å². The van der Waals surface area contributed by atoms with Crippen molar-refractivity contribution in [2.75, 3.05) is 13.1 Å². The van der Waals surface area contributed by atoms with Gasteiger partial charge >= 0.3 is 6.03 Å². The van der Waals surface area contributed by atoms with Crippen LogP contribution in [0.5, 0.6) is 0 Å². The molecule has 18 heavy (non-hydrogen) atoms. The van der Waals surface area contributed by atoms with E-state index < -0.39 is 6.03 Å². The van der Waals surface area contributed by atoms with E-state index in [1.54, 1.807) is 6.92 Å². The van der Waals surface area contributed by atoms with E-state index in [4.69, 9.17) is 0 Å². The summed E-state index contributed by atoms with van der Waals surface area (Å²) >= 11 is 0. The van der Waals surface area contributed by atoms with E-state index in [1.807, 2.05) is 18.7 Å². The lowest BCUT2D eigenvalue weighted by molar-refractivity contribution is -0.125. The number of hydrogen-bond donors (Lipinski definition) is 3. The van der Waals surface area contributed by atoms with Crippen molar-refractivity contribution in [2.24, 2.45) is 0 Å². The second kappa shape index (κ2) is 6.70. The van der Waals surface area contributed by atoms with Crippen LogP contribution in [-0.4, -0.2) is 53.2 Å². The van der Waals surface area contributed by atoms with E-state index in [1.165, 1.54) is 0 Å². The van der Waals surface area contributed by atoms with E-state index >= 15 is 0 Å². The standard InChI is InChI=1S/C12H23N3O3/c1-8(2)13-12(18)14-11(17)9(3)15-6-4-10(16)5-7-15/h8-10,16H,4-7H2,1-3H3,(H2,13,14,17,18)/t9-/m0/s1. The molecule has 6 nitrogen and oxygen atoms in total. The molecule has 0 aromatic heterocycles. The number of nitrogens with zero attached hydrogens (tertiary/aromatic N) is 1. The average Bonchev–Trinajstić information content (AvgIpc) is 2.27. The van der Waals surface area contributed by atoms with Gasteiger partial charge in [-0.3, -0.25) is 15.0 Å². The van der Waals surface area contributed by atoms with Gasteiger partial charge in [0.15, 0.2) is 0 Å². The van der Waals surface area contributed by atoms with Gasteiger partial charge in [0.2, 0.25) is 5.91 Å². The highest BCUT2D eigenvalue weighted by Gasteiger charge is 2.26. The number of urea groups is 1. The topological polar surface area (TPSA) is 81.7 Å². The molecule has 1 aliphatic heterocycles. The van der Waals surface area contributed by atoms with Crippen molar-refractivity contribution >= 4 is 11.9 Å². The van der Waals surface area contributed by atoms with Crippen LogP contribution in [-0.2, 0) is 4.79 Å². The number of hydrogen-bond acceptors (Lipinski definition) is 4. The lowest BCUT2D eigenvalue weighted by Crippen LogP contribution is -2.52. The molecule has 1 rings (SSSR count). The number of rotatable bonds is 3. The highest BCUT2D eigenvalue weighted by molar-refractivity contribution is 5.96. The molecule has 0 aromatic carbocycles. The largest absolute Gasteiger partial charge is 0.393 e. The summed E-state index contributed by atoms with van der Waals surface area (Å²) < 4.78 is 0. The highest BCUT2D eigenvalue weighted by Crippen LogP contribution is 2.12. The van der Waals surface area contributed by atoms with Gasteiger partial charge in [-0.15, -0.1) is 0 Å². The summed E-state index contributed by atoms with van der Waals surface area (Å²) in [5, 5.41) is 14.3. The minimum absolute atomic E-state index is 0.00163. The number of piperidine rings is 1. The molecule has 3 N–H and O–H groups in total. The quantitative estimate of drug-likeness (QED) is 0.668. The number of nitrogens with one attached hydrogen (secondary N) is 2. The summed E-state index contributed by atoms with van der Waals surface area (Å²) in [6.45, 7) is 6.80. The van der Waals surface area contributed by atoms with Gasteiger partial charge in [-0.25, -0.2) is 4.79 Å². The summed E-state index contributed by atoms with van der Waals surface area (Å²) in [7, 11) is 0. The molecular weight excluding hydrogens is 234 g/mol. The number of carbonyl (C=O) groups is 2. The Morgan fingerprint density at radius 2 is 1.78 bits per heavy atom. The summed E-state index contributed by atoms with van der Waals surface area (Å²) in [5.74, 6) is -0.301. The first-order valence-electron chi connectivity index (χ1n) is 6.43. The Morgan fingerprint density at radius 1 is 1.22 bits per heavy atom. The first-order chi connectivity index (χ1) is 8.40. The number of likely N-dealkylation sites (tertiary alicyclic amines) is 1. The number of amides is 3. The zero-order valence-electron chi connectivity index (χ0n) is 11.3. The molecule has 0 aliphatic carbocycles. The van der Waals surface area contributed by atoms with Crippen LogP contribution in [0.3, 0.4) is 0 Å². The van der Waals surface area contributed by atoms with Crippen LogP contribution in [0.4, 0.5) is 4.79 Å². The molecule has 0 radical (unpaired) electrons. The van der Waals surface area contributed by atoms with Gasteiger partial charge in [-0.2, -0.15) is 0 Å². The highest BCUT2D eigenvalue weighted by atomic mass is 16.3. The molecule has 0 bridgehead atoms. The number of imide groups is 1. The molecule has 0 spiro atoms. The van der Waals surface area contributed by atoms with Crippen LogP contribution >= 0.6 is 0 Å². The van der Waals surface area contributed by atoms with Gasteiger partial charge in [0.25, 0.3) is 0 Å². The predicted molar refractivity (Wildman–Crippen MR) is 68.1 cm³/mol. The van der Waals surface area contributed by atoms with E-state index in [0.29, 0.717) is 25.9 Å². The van der Waals surface area contributed by atoms with Gasteiger partial charge in [-0.1, -0.05) is 0 Å². The lowest BCUT2D eigenvalue weighted by atomic mass is 10.1. The van der Waals surface area contributed by atoms with Crippen molar-refractivity contribution < 1.29 is 14.7 Å². The van der Waals surface area contributed by atoms with Crippen molar-refractivity contribution in [2.45, 2.75) is 51.8 Å². The molecule has 1 heterocycles. The Labute approximate surface area is 108 Å². The molecule has 0 unspecified atom stereocenters. The zero-order chi connectivity index (χ0) is 13.7. The number of carbonyl (C=O) groups excluding carboxylic acids is 2. The first-order valence-corrected chi connectivity index (χ1v) is 6.43. The summed E-state index contributed by atoms with van der Waals surface area (Å²) in [5.41, 5.74) is 0. The van der Waals surface area contributed by atoms with Gasteiger partial charge in [0, 0.05) is 19.1 Å². The van der Waals surface area contributed by atoms with E-state index in [0.717, 1.165) is 0 Å². The molecule has 1 atom stereocenters. The summed E-state index contributed by atoms with van der Waals surface area (Å²) in [6, 6.07) is -0.812. The molecule has 0 saturated carbocycles. The number of aliphatic hydroxyl groups is 1. The maximum absolute atomic E-state index is 11.8. The van der Waals surface area contributed by atoms with E-state index in [2.05, 4.69) is 10.6 Å². The maximum atomic E-state index is 11.8. The lowest BCUT2D eigenvalue weighted by Gasteiger charge is -2.33. The second-order valence-corrected chi connectivity index (χ2v) is 5.06. The molecule has 0 aromatic rings. The fraction of sp³-hybridized carbons (Fsp3) is 0.833. The van der Waals surface area contributed by atoms with Gasteiger partial charge < -0.3 is 10.4 Å². The van der Waals surface area contributed by atoms with Crippen molar-refractivity contribution in [1.29, 1.82) is 0 Å². The minimum atomic E-state index is -0.459. The molecular formula is C12H23N3O3. The van der Waals surface area contributed by atoms with Crippen LogP contribution in [0.1, 0.15) is 33.6 Å². The summed E-state index contributed by atoms with van der Waals surface area (Å²) in [4.78, 5) is 25.2.